The van der Waals surface area contributed by atoms with Gasteiger partial charge in [-0.25, -0.2) is 0 Å². The predicted molar refractivity (Wildman–Crippen MR) is 57.1 cm³/mol. The van der Waals surface area contributed by atoms with E-state index in [-0.39, 0.29) is 31.4 Å². The summed E-state index contributed by atoms with van der Waals surface area (Å²) in [7, 11) is 0. The third kappa shape index (κ3) is 6.25. The zero-order valence-electron chi connectivity index (χ0n) is 6.77. The van der Waals surface area contributed by atoms with Crippen LogP contribution in [0.25, 0.3) is 0 Å². The fourth-order valence-corrected chi connectivity index (χ4v) is 0.734. The number of rotatable bonds is 3. The van der Waals surface area contributed by atoms with Crippen LogP contribution in [0.4, 0.5) is 5.69 Å². The molecule has 0 aliphatic heterocycles. The second-order valence-electron chi connectivity index (χ2n) is 2.11. The van der Waals surface area contributed by atoms with E-state index in [9.17, 15) is 4.79 Å². The van der Waals surface area contributed by atoms with Gasteiger partial charge in [0.05, 0.1) is 0 Å². The Balaban J connectivity index is 0. The van der Waals surface area contributed by atoms with Gasteiger partial charge in [-0.15, -0.1) is 24.8 Å². The summed E-state index contributed by atoms with van der Waals surface area (Å²) in [6.07, 6.45) is 0. The highest BCUT2D eigenvalue weighted by Gasteiger charge is 1.93. The van der Waals surface area contributed by atoms with E-state index in [1.807, 2.05) is 30.3 Å². The first kappa shape index (κ1) is 14.6. The summed E-state index contributed by atoms with van der Waals surface area (Å²) in [5, 5.41) is 11.1. The van der Waals surface area contributed by atoms with Crippen molar-refractivity contribution >= 4 is 36.5 Å². The monoisotopic (exact) mass is 223 g/mol. The molecule has 74 valence electrons. The topological polar surface area (TPSA) is 49.3 Å². The molecule has 0 aliphatic rings. The van der Waals surface area contributed by atoms with Crippen LogP contribution in [0, 0.1) is 0 Å². The predicted octanol–water partition coefficient (Wildman–Crippen LogP) is 2.03. The van der Waals surface area contributed by atoms with E-state index in [2.05, 4.69) is 5.32 Å². The molecule has 1 rings (SSSR count). The van der Waals surface area contributed by atoms with Crippen molar-refractivity contribution in [2.45, 2.75) is 0 Å². The number of hydrogen-bond donors (Lipinski definition) is 2. The third-order valence-electron chi connectivity index (χ3n) is 1.22. The Kier molecular flexibility index (Phi) is 8.65. The molecule has 1 aromatic rings. The Morgan fingerprint density at radius 2 is 1.77 bits per heavy atom. The molecule has 1 aromatic carbocycles. The van der Waals surface area contributed by atoms with Crippen molar-refractivity contribution in [3.8, 4) is 0 Å². The van der Waals surface area contributed by atoms with Crippen molar-refractivity contribution in [3.63, 3.8) is 0 Å². The van der Waals surface area contributed by atoms with Gasteiger partial charge in [0.25, 0.3) is 0 Å². The average Bonchev–Trinajstić information content (AvgIpc) is 2.03. The normalized spacial score (nSPS) is 7.69. The van der Waals surface area contributed by atoms with Crippen molar-refractivity contribution in [2.24, 2.45) is 0 Å². The van der Waals surface area contributed by atoms with Gasteiger partial charge >= 0.3 is 5.97 Å². The minimum atomic E-state index is -0.853. The second-order valence-corrected chi connectivity index (χ2v) is 2.11. The molecular weight excluding hydrogens is 213 g/mol. The smallest absolute Gasteiger partial charge is 0.322 e. The lowest BCUT2D eigenvalue weighted by atomic mass is 10.3. The molecule has 2 N–H and O–H groups in total. The van der Waals surface area contributed by atoms with Crippen molar-refractivity contribution in [1.82, 2.24) is 0 Å². The van der Waals surface area contributed by atoms with Crippen LogP contribution < -0.4 is 5.32 Å². The summed E-state index contributed by atoms with van der Waals surface area (Å²) < 4.78 is 0. The Hall–Kier alpha value is -0.930. The fourth-order valence-electron chi connectivity index (χ4n) is 0.734. The van der Waals surface area contributed by atoms with Gasteiger partial charge in [0, 0.05) is 5.69 Å². The Morgan fingerprint density at radius 3 is 2.23 bits per heavy atom. The molecule has 5 heteroatoms. The molecule has 0 fully saturated rings. The van der Waals surface area contributed by atoms with E-state index in [0.717, 1.165) is 5.69 Å². The van der Waals surface area contributed by atoms with Crippen molar-refractivity contribution in [2.75, 3.05) is 11.9 Å². The molecule has 0 amide bonds. The molecule has 0 saturated carbocycles. The van der Waals surface area contributed by atoms with Crippen LogP contribution in [0.1, 0.15) is 0 Å². The number of para-hydroxylation sites is 1. The van der Waals surface area contributed by atoms with Gasteiger partial charge in [-0.1, -0.05) is 18.2 Å². The van der Waals surface area contributed by atoms with Crippen LogP contribution in [-0.4, -0.2) is 17.6 Å². The second kappa shape index (κ2) is 7.71. The van der Waals surface area contributed by atoms with E-state index in [0.29, 0.717) is 0 Å². The molecule has 0 aromatic heterocycles. The molecular formula is C8H11Cl2NO2. The summed E-state index contributed by atoms with van der Waals surface area (Å²) in [5.74, 6) is -0.853. The zero-order chi connectivity index (χ0) is 8.10. The molecule has 0 saturated heterocycles. The Labute approximate surface area is 89.0 Å². The highest BCUT2D eigenvalue weighted by molar-refractivity contribution is 5.85. The third-order valence-corrected chi connectivity index (χ3v) is 1.22. The highest BCUT2D eigenvalue weighted by Crippen LogP contribution is 2.03. The van der Waals surface area contributed by atoms with Gasteiger partial charge in [0.15, 0.2) is 0 Å². The largest absolute Gasteiger partial charge is 0.480 e. The fraction of sp³-hybridized carbons (Fsp3) is 0.125. The van der Waals surface area contributed by atoms with Crippen LogP contribution >= 0.6 is 24.8 Å². The summed E-state index contributed by atoms with van der Waals surface area (Å²) >= 11 is 0. The van der Waals surface area contributed by atoms with Crippen LogP contribution in [0.15, 0.2) is 30.3 Å². The lowest BCUT2D eigenvalue weighted by Crippen LogP contribution is -2.11. The maximum absolute atomic E-state index is 10.1. The van der Waals surface area contributed by atoms with Crippen molar-refractivity contribution in [3.05, 3.63) is 30.3 Å². The highest BCUT2D eigenvalue weighted by atomic mass is 35.5. The molecule has 0 unspecified atom stereocenters. The standard InChI is InChI=1S/C8H9NO2.2ClH/c10-8(11)6-9-7-4-2-1-3-5-7;;/h1-5,9H,6H2,(H,10,11);2*1H. The quantitative estimate of drug-likeness (QED) is 0.825. The zero-order valence-corrected chi connectivity index (χ0v) is 8.40. The first-order valence-electron chi connectivity index (χ1n) is 3.30. The number of aliphatic carboxylic acids is 1. The van der Waals surface area contributed by atoms with Crippen LogP contribution in [0.5, 0.6) is 0 Å². The number of carboxylic acids is 1. The first-order valence-corrected chi connectivity index (χ1v) is 3.30. The summed E-state index contributed by atoms with van der Waals surface area (Å²) in [5.41, 5.74) is 0.829. The summed E-state index contributed by atoms with van der Waals surface area (Å²) in [6, 6.07) is 9.23. The number of carbonyl (C=O) groups is 1. The number of halogens is 2. The van der Waals surface area contributed by atoms with Gasteiger partial charge in [0.2, 0.25) is 0 Å². The van der Waals surface area contributed by atoms with Gasteiger partial charge in [-0.05, 0) is 12.1 Å². The number of nitrogens with one attached hydrogen (secondary N) is 1. The molecule has 0 heterocycles. The Morgan fingerprint density at radius 1 is 1.23 bits per heavy atom. The van der Waals surface area contributed by atoms with Gasteiger partial charge in [-0.3, -0.25) is 4.79 Å². The lowest BCUT2D eigenvalue weighted by molar-refractivity contribution is -0.134. The maximum atomic E-state index is 10.1. The summed E-state index contributed by atoms with van der Waals surface area (Å²) in [4.78, 5) is 10.1. The number of anilines is 1. The minimum Gasteiger partial charge on any atom is -0.480 e. The van der Waals surface area contributed by atoms with E-state index in [4.69, 9.17) is 5.11 Å². The van der Waals surface area contributed by atoms with E-state index >= 15 is 0 Å². The van der Waals surface area contributed by atoms with Crippen LogP contribution in [0.3, 0.4) is 0 Å². The maximum Gasteiger partial charge on any atom is 0.322 e. The van der Waals surface area contributed by atoms with Crippen LogP contribution in [0.2, 0.25) is 0 Å². The van der Waals surface area contributed by atoms with E-state index < -0.39 is 5.97 Å². The van der Waals surface area contributed by atoms with Crippen molar-refractivity contribution in [1.29, 1.82) is 0 Å². The lowest BCUT2D eigenvalue weighted by Gasteiger charge is -2.00. The van der Waals surface area contributed by atoms with E-state index in [1.165, 1.54) is 0 Å². The van der Waals surface area contributed by atoms with Gasteiger partial charge in [0.1, 0.15) is 6.54 Å². The molecule has 13 heavy (non-hydrogen) atoms. The first-order chi connectivity index (χ1) is 5.29. The molecule has 3 nitrogen and oxygen atoms in total. The number of benzene rings is 1. The summed E-state index contributed by atoms with van der Waals surface area (Å²) in [6.45, 7) is -0.0377. The molecule has 0 radical (unpaired) electrons. The average molecular weight is 224 g/mol. The number of carboxylic acid groups (broad SMARTS) is 1. The minimum absolute atomic E-state index is 0. The van der Waals surface area contributed by atoms with E-state index in [1.54, 1.807) is 0 Å². The SMILES string of the molecule is Cl.Cl.O=C(O)CNc1ccccc1. The Bertz CT molecular complexity index is 241. The number of hydrogen-bond acceptors (Lipinski definition) is 2. The van der Waals surface area contributed by atoms with Gasteiger partial charge < -0.3 is 10.4 Å². The molecule has 0 atom stereocenters. The molecule has 0 aliphatic carbocycles. The molecule has 0 bridgehead atoms. The van der Waals surface area contributed by atoms with Gasteiger partial charge in [-0.2, -0.15) is 0 Å². The van der Waals surface area contributed by atoms with Crippen LogP contribution in [-0.2, 0) is 4.79 Å². The van der Waals surface area contributed by atoms with Crippen molar-refractivity contribution < 1.29 is 9.90 Å². The molecule has 0 spiro atoms.